The lowest BCUT2D eigenvalue weighted by Gasteiger charge is -2.09. The van der Waals surface area contributed by atoms with E-state index in [0.29, 0.717) is 5.75 Å². The number of benzene rings is 1. The Morgan fingerprint density at radius 1 is 0.615 bits per heavy atom. The summed E-state index contributed by atoms with van der Waals surface area (Å²) < 4.78 is 0. The van der Waals surface area contributed by atoms with E-state index in [1.165, 1.54) is 102 Å². The molecule has 0 spiro atoms. The van der Waals surface area contributed by atoms with Crippen molar-refractivity contribution in [3.8, 4) is 5.75 Å². The predicted octanol–water partition coefficient (Wildman–Crippen LogP) is 8.42. The van der Waals surface area contributed by atoms with Gasteiger partial charge in [-0.2, -0.15) is 0 Å². The molecular formula is C25H44O. The van der Waals surface area contributed by atoms with Crippen molar-refractivity contribution in [2.24, 2.45) is 0 Å². The Morgan fingerprint density at radius 3 is 1.50 bits per heavy atom. The van der Waals surface area contributed by atoms with Gasteiger partial charge in [0, 0.05) is 0 Å². The third kappa shape index (κ3) is 10.9. The third-order valence-electron chi connectivity index (χ3n) is 5.57. The van der Waals surface area contributed by atoms with Gasteiger partial charge in [0.05, 0.1) is 0 Å². The number of rotatable bonds is 16. The first-order chi connectivity index (χ1) is 12.6. The second-order valence-corrected chi connectivity index (χ2v) is 8.29. The summed E-state index contributed by atoms with van der Waals surface area (Å²) in [6.45, 7) is 6.40. The van der Waals surface area contributed by atoms with Gasteiger partial charge in [-0.05, 0) is 37.8 Å². The largest absolute Gasteiger partial charge is 0.507 e. The average Bonchev–Trinajstić information content (AvgIpc) is 2.62. The van der Waals surface area contributed by atoms with Crippen LogP contribution in [0.3, 0.4) is 0 Å². The SMILES string of the molecule is CCCCCCCCCCCCCCCCCc1cc(C)cc(C)c1O. The van der Waals surface area contributed by atoms with E-state index in [1.807, 2.05) is 6.92 Å². The van der Waals surface area contributed by atoms with Crippen LogP contribution in [0.2, 0.25) is 0 Å². The molecular weight excluding hydrogens is 316 g/mol. The molecule has 1 aromatic carbocycles. The Balaban J connectivity index is 1.88. The van der Waals surface area contributed by atoms with Crippen molar-refractivity contribution >= 4 is 0 Å². The van der Waals surface area contributed by atoms with Gasteiger partial charge in [0.15, 0.2) is 0 Å². The van der Waals surface area contributed by atoms with Crippen molar-refractivity contribution in [3.63, 3.8) is 0 Å². The zero-order chi connectivity index (χ0) is 19.0. The maximum absolute atomic E-state index is 10.1. The molecule has 1 rings (SSSR count). The fraction of sp³-hybridized carbons (Fsp3) is 0.760. The molecule has 0 atom stereocenters. The van der Waals surface area contributed by atoms with Crippen LogP contribution in [0.1, 0.15) is 120 Å². The van der Waals surface area contributed by atoms with Crippen LogP contribution in [0.15, 0.2) is 12.1 Å². The van der Waals surface area contributed by atoms with E-state index >= 15 is 0 Å². The van der Waals surface area contributed by atoms with Gasteiger partial charge in [-0.15, -0.1) is 0 Å². The number of hydrogen-bond donors (Lipinski definition) is 1. The molecule has 0 heterocycles. The summed E-state index contributed by atoms with van der Waals surface area (Å²) in [5.74, 6) is 0.515. The van der Waals surface area contributed by atoms with Crippen LogP contribution in [0.4, 0.5) is 0 Å². The zero-order valence-corrected chi connectivity index (χ0v) is 17.9. The van der Waals surface area contributed by atoms with Crippen LogP contribution in [0.25, 0.3) is 0 Å². The van der Waals surface area contributed by atoms with Gasteiger partial charge < -0.3 is 5.11 Å². The van der Waals surface area contributed by atoms with E-state index in [2.05, 4.69) is 26.0 Å². The summed E-state index contributed by atoms with van der Waals surface area (Å²) in [5, 5.41) is 10.1. The monoisotopic (exact) mass is 360 g/mol. The molecule has 0 aromatic heterocycles. The molecule has 0 saturated carbocycles. The highest BCUT2D eigenvalue weighted by atomic mass is 16.3. The molecule has 0 amide bonds. The topological polar surface area (TPSA) is 20.2 Å². The lowest BCUT2D eigenvalue weighted by Crippen LogP contribution is -1.91. The van der Waals surface area contributed by atoms with E-state index in [1.54, 1.807) is 0 Å². The van der Waals surface area contributed by atoms with Crippen LogP contribution < -0.4 is 0 Å². The van der Waals surface area contributed by atoms with E-state index in [9.17, 15) is 5.11 Å². The van der Waals surface area contributed by atoms with Crippen LogP contribution in [0, 0.1) is 13.8 Å². The molecule has 0 aliphatic carbocycles. The molecule has 0 saturated heterocycles. The highest BCUT2D eigenvalue weighted by Crippen LogP contribution is 2.25. The Morgan fingerprint density at radius 2 is 1.04 bits per heavy atom. The molecule has 26 heavy (non-hydrogen) atoms. The van der Waals surface area contributed by atoms with Gasteiger partial charge in [0.2, 0.25) is 0 Å². The van der Waals surface area contributed by atoms with Crippen molar-refractivity contribution in [2.45, 2.75) is 124 Å². The highest BCUT2D eigenvalue weighted by Gasteiger charge is 2.05. The Hall–Kier alpha value is -0.980. The van der Waals surface area contributed by atoms with E-state index in [0.717, 1.165) is 17.5 Å². The maximum Gasteiger partial charge on any atom is 0.121 e. The van der Waals surface area contributed by atoms with Crippen molar-refractivity contribution in [2.75, 3.05) is 0 Å². The first kappa shape index (κ1) is 23.1. The quantitative estimate of drug-likeness (QED) is 0.293. The van der Waals surface area contributed by atoms with Gasteiger partial charge in [-0.1, -0.05) is 115 Å². The summed E-state index contributed by atoms with van der Waals surface area (Å²) in [6.07, 6.45) is 22.0. The molecule has 0 fully saturated rings. The van der Waals surface area contributed by atoms with Gasteiger partial charge in [-0.3, -0.25) is 0 Å². The summed E-state index contributed by atoms with van der Waals surface area (Å²) in [6, 6.07) is 4.21. The minimum absolute atomic E-state index is 0.515. The molecule has 1 heteroatoms. The predicted molar refractivity (Wildman–Crippen MR) is 116 cm³/mol. The number of aryl methyl sites for hydroxylation is 3. The van der Waals surface area contributed by atoms with Crippen molar-refractivity contribution < 1.29 is 5.11 Å². The summed E-state index contributed by atoms with van der Waals surface area (Å²) in [5.41, 5.74) is 3.41. The second-order valence-electron chi connectivity index (χ2n) is 8.29. The Kier molecular flexibility index (Phi) is 13.4. The molecule has 0 unspecified atom stereocenters. The fourth-order valence-corrected chi connectivity index (χ4v) is 3.93. The highest BCUT2D eigenvalue weighted by molar-refractivity contribution is 5.42. The summed E-state index contributed by atoms with van der Waals surface area (Å²) in [7, 11) is 0. The minimum Gasteiger partial charge on any atom is -0.507 e. The van der Waals surface area contributed by atoms with Crippen LogP contribution in [-0.2, 0) is 6.42 Å². The molecule has 0 aliphatic heterocycles. The van der Waals surface area contributed by atoms with Crippen molar-refractivity contribution in [3.05, 3.63) is 28.8 Å². The van der Waals surface area contributed by atoms with E-state index in [-0.39, 0.29) is 0 Å². The molecule has 1 N–H and O–H groups in total. The molecule has 1 aromatic rings. The standard InChI is InChI=1S/C25H44O/c1-4-5-6-7-8-9-10-11-12-13-14-15-16-17-18-19-24-21-22(2)20-23(3)25(24)26/h20-21,26H,4-19H2,1-3H3. The molecule has 0 radical (unpaired) electrons. The van der Waals surface area contributed by atoms with Crippen LogP contribution in [-0.4, -0.2) is 5.11 Å². The van der Waals surface area contributed by atoms with Crippen molar-refractivity contribution in [1.82, 2.24) is 0 Å². The molecule has 0 bridgehead atoms. The number of phenols is 1. The van der Waals surface area contributed by atoms with Crippen LogP contribution in [0.5, 0.6) is 5.75 Å². The number of hydrogen-bond acceptors (Lipinski definition) is 1. The fourth-order valence-electron chi connectivity index (χ4n) is 3.93. The van der Waals surface area contributed by atoms with Gasteiger partial charge in [0.25, 0.3) is 0 Å². The van der Waals surface area contributed by atoms with Crippen molar-refractivity contribution in [1.29, 1.82) is 0 Å². The third-order valence-corrected chi connectivity index (χ3v) is 5.57. The Labute approximate surface area is 163 Å². The van der Waals surface area contributed by atoms with Gasteiger partial charge in [-0.25, -0.2) is 0 Å². The maximum atomic E-state index is 10.1. The number of aromatic hydroxyl groups is 1. The lowest BCUT2D eigenvalue weighted by atomic mass is 9.99. The summed E-state index contributed by atoms with van der Waals surface area (Å²) in [4.78, 5) is 0. The van der Waals surface area contributed by atoms with Gasteiger partial charge in [0.1, 0.15) is 5.75 Å². The van der Waals surface area contributed by atoms with E-state index in [4.69, 9.17) is 0 Å². The zero-order valence-electron chi connectivity index (χ0n) is 17.9. The number of unbranched alkanes of at least 4 members (excludes halogenated alkanes) is 14. The lowest BCUT2D eigenvalue weighted by molar-refractivity contribution is 0.461. The first-order valence-corrected chi connectivity index (χ1v) is 11.4. The van der Waals surface area contributed by atoms with Gasteiger partial charge >= 0.3 is 0 Å². The first-order valence-electron chi connectivity index (χ1n) is 11.4. The molecule has 0 aliphatic rings. The Bertz CT molecular complexity index is 463. The summed E-state index contributed by atoms with van der Waals surface area (Å²) >= 11 is 0. The molecule has 1 nitrogen and oxygen atoms in total. The normalized spacial score (nSPS) is 11.2. The minimum atomic E-state index is 0.515. The number of phenolic OH excluding ortho intramolecular Hbond substituents is 1. The van der Waals surface area contributed by atoms with E-state index < -0.39 is 0 Å². The van der Waals surface area contributed by atoms with Crippen LogP contribution >= 0.6 is 0 Å². The average molecular weight is 361 g/mol. The second kappa shape index (κ2) is 15.1. The molecule has 150 valence electrons. The smallest absolute Gasteiger partial charge is 0.121 e.